The van der Waals surface area contributed by atoms with Gasteiger partial charge in [0.15, 0.2) is 17.2 Å². The number of carboxylic acid groups (broad SMARTS) is 1. The molecule has 1 aromatic rings. The van der Waals surface area contributed by atoms with Crippen molar-refractivity contribution in [3.05, 3.63) is 22.2 Å². The number of carbonyl (C=O) groups is 4. The summed E-state index contributed by atoms with van der Waals surface area (Å²) in [6, 6.07) is 0. The lowest BCUT2D eigenvalue weighted by Gasteiger charge is -2.69. The highest BCUT2D eigenvalue weighted by molar-refractivity contribution is 7.13. The van der Waals surface area contributed by atoms with Crippen LogP contribution in [0.25, 0.3) is 0 Å². The van der Waals surface area contributed by atoms with Gasteiger partial charge in [-0.15, -0.1) is 11.3 Å². The molecule has 11 atom stereocenters. The average Bonchev–Trinajstić information content (AvgIpc) is 3.70. The maximum Gasteiger partial charge on any atom is 0.306 e. The predicted molar refractivity (Wildman–Crippen MR) is 229 cm³/mol. The van der Waals surface area contributed by atoms with Crippen LogP contribution in [0.15, 0.2) is 16.5 Å². The van der Waals surface area contributed by atoms with Crippen LogP contribution in [0.3, 0.4) is 0 Å². The molecule has 6 aliphatic carbocycles. The molecule has 9 nitrogen and oxygen atoms in total. The molecule has 0 aliphatic heterocycles. The molecular weight excluding hydrogens is 733 g/mol. The van der Waals surface area contributed by atoms with Crippen LogP contribution in [0, 0.1) is 74.9 Å². The Morgan fingerprint density at radius 1 is 1.04 bits per heavy atom. The molecule has 1 aromatic heterocycles. The van der Waals surface area contributed by atoms with Crippen molar-refractivity contribution in [2.75, 3.05) is 25.9 Å². The lowest BCUT2D eigenvalue weighted by molar-refractivity contribution is -0.193. The number of rotatable bonds is 12. The number of allylic oxidation sites excluding steroid dienone is 2. The van der Waals surface area contributed by atoms with Gasteiger partial charge in [-0.3, -0.25) is 19.2 Å². The average molecular weight is 807 g/mol. The van der Waals surface area contributed by atoms with E-state index in [1.165, 1.54) is 55.4 Å². The van der Waals surface area contributed by atoms with Crippen molar-refractivity contribution in [2.24, 2.45) is 74.9 Å². The molecule has 318 valence electrons. The van der Waals surface area contributed by atoms with E-state index >= 15 is 0 Å². The second-order valence-corrected chi connectivity index (χ2v) is 22.4. The number of nitrogens with zero attached hydrogens (tertiary/aromatic N) is 1. The third-order valence-corrected chi connectivity index (χ3v) is 18.3. The van der Waals surface area contributed by atoms with E-state index in [1.54, 1.807) is 11.0 Å². The Kier molecular flexibility index (Phi) is 12.5. The molecule has 10 heteroatoms. The molecular formula is C47H74N4O5S. The first-order valence-electron chi connectivity index (χ1n) is 22.2. The molecule has 5 saturated carbocycles. The maximum atomic E-state index is 13.9. The number of aliphatic carboxylic acids is 1. The van der Waals surface area contributed by atoms with Crippen molar-refractivity contribution >= 4 is 40.3 Å². The number of aldehydes is 1. The summed E-state index contributed by atoms with van der Waals surface area (Å²) in [6.45, 7) is 23.1. The van der Waals surface area contributed by atoms with Crippen LogP contribution < -0.4 is 16.4 Å². The zero-order valence-corrected chi connectivity index (χ0v) is 37.6. The number of nitrogen functional groups attached to an aromatic ring is 1. The lowest BCUT2D eigenvalue weighted by atomic mass is 9.35. The Labute approximate surface area is 347 Å². The summed E-state index contributed by atoms with van der Waals surface area (Å²) in [5, 5.41) is 18.7. The predicted octanol–water partition coefficient (Wildman–Crippen LogP) is 9.02. The zero-order chi connectivity index (χ0) is 41.9. The van der Waals surface area contributed by atoms with E-state index < -0.39 is 5.97 Å². The normalized spacial score (nSPS) is 38.2. The van der Waals surface area contributed by atoms with Gasteiger partial charge < -0.3 is 21.5 Å². The molecule has 0 bridgehead atoms. The van der Waals surface area contributed by atoms with Crippen molar-refractivity contribution in [1.29, 1.82) is 0 Å². The number of hydrogen-bond acceptors (Lipinski definition) is 9. The van der Waals surface area contributed by atoms with Gasteiger partial charge in [-0.25, -0.2) is 4.98 Å². The first-order valence-corrected chi connectivity index (χ1v) is 23.1. The van der Waals surface area contributed by atoms with Crippen LogP contribution in [0.1, 0.15) is 150 Å². The van der Waals surface area contributed by atoms with Gasteiger partial charge in [0, 0.05) is 41.6 Å². The smallest absolute Gasteiger partial charge is 0.306 e. The van der Waals surface area contributed by atoms with E-state index in [9.17, 15) is 24.3 Å². The Bertz CT molecular complexity index is 1730. The standard InChI is InChI=1S/C43H70N2O4.C4H4N2OS/c1-25(2)36-33(47)23-43(19-20-45-24-39(4,5)44-10)18-14-31-28(37(36)43)11-12-35-41(31,8)17-15-34-40(6,7)27(13-16-42(34,35)9)21-32(46)29-22-30(26(29)3)38(48)49;5-4-6-3(1-7)2-8-4/h25-31,34-35,44-45H,11-24H2,1-10H3,(H,48,49);1-2H,(H2,5,6). The minimum absolute atomic E-state index is 0.0357. The second kappa shape index (κ2) is 16.2. The number of likely N-dealkylation sites (N-methyl/N-ethyl adjacent to an activating group) is 1. The molecule has 6 aliphatic rings. The summed E-state index contributed by atoms with van der Waals surface area (Å²) in [6.07, 6.45) is 13.3. The number of carboxylic acids is 1. The van der Waals surface area contributed by atoms with Crippen molar-refractivity contribution in [3.63, 3.8) is 0 Å². The lowest BCUT2D eigenvalue weighted by Crippen LogP contribution is -2.62. The number of fused-ring (bicyclic) bond motifs is 7. The van der Waals surface area contributed by atoms with Gasteiger partial charge in [-0.1, -0.05) is 54.0 Å². The summed E-state index contributed by atoms with van der Waals surface area (Å²) >= 11 is 1.26. The highest BCUT2D eigenvalue weighted by Gasteiger charge is 2.66. The quantitative estimate of drug-likeness (QED) is 0.120. The fraction of sp³-hybridized carbons (Fsp3) is 0.809. The Balaban J connectivity index is 0.000000612. The molecule has 7 rings (SSSR count). The summed E-state index contributed by atoms with van der Waals surface area (Å²) in [5.74, 6) is 2.67. The van der Waals surface area contributed by atoms with Gasteiger partial charge in [-0.2, -0.15) is 0 Å². The number of nitrogens with two attached hydrogens (primary N) is 1. The van der Waals surface area contributed by atoms with Crippen molar-refractivity contribution in [1.82, 2.24) is 15.6 Å². The van der Waals surface area contributed by atoms with Crippen LogP contribution in [0.4, 0.5) is 5.13 Å². The van der Waals surface area contributed by atoms with Crippen molar-refractivity contribution < 1.29 is 24.3 Å². The van der Waals surface area contributed by atoms with Crippen molar-refractivity contribution in [3.8, 4) is 0 Å². The van der Waals surface area contributed by atoms with E-state index in [2.05, 4.69) is 71.0 Å². The third kappa shape index (κ3) is 7.87. The molecule has 11 unspecified atom stereocenters. The molecule has 0 saturated heterocycles. The van der Waals surface area contributed by atoms with Gasteiger partial charge in [0.1, 0.15) is 11.5 Å². The van der Waals surface area contributed by atoms with Crippen LogP contribution in [-0.4, -0.2) is 59.6 Å². The molecule has 1 heterocycles. The van der Waals surface area contributed by atoms with E-state index in [-0.39, 0.29) is 50.9 Å². The minimum Gasteiger partial charge on any atom is -0.481 e. The monoisotopic (exact) mass is 807 g/mol. The van der Waals surface area contributed by atoms with Gasteiger partial charge >= 0.3 is 5.97 Å². The molecule has 0 aromatic carbocycles. The van der Waals surface area contributed by atoms with Gasteiger partial charge in [0.25, 0.3) is 0 Å². The Morgan fingerprint density at radius 3 is 2.32 bits per heavy atom. The van der Waals surface area contributed by atoms with E-state index in [4.69, 9.17) is 5.73 Å². The van der Waals surface area contributed by atoms with Crippen LogP contribution >= 0.6 is 11.3 Å². The van der Waals surface area contributed by atoms with E-state index in [1.807, 2.05) is 14.0 Å². The number of nitrogens with one attached hydrogen (secondary N) is 2. The number of aromatic nitrogens is 1. The summed E-state index contributed by atoms with van der Waals surface area (Å²) in [4.78, 5) is 52.6. The van der Waals surface area contributed by atoms with Crippen LogP contribution in [-0.2, 0) is 14.4 Å². The molecule has 0 spiro atoms. The first-order chi connectivity index (χ1) is 26.7. The highest BCUT2D eigenvalue weighted by Crippen LogP contribution is 2.74. The van der Waals surface area contributed by atoms with E-state index in [0.717, 1.165) is 38.8 Å². The van der Waals surface area contributed by atoms with Gasteiger partial charge in [-0.05, 0) is 155 Å². The number of hydrogen-bond donors (Lipinski definition) is 4. The molecule has 0 radical (unpaired) electrons. The van der Waals surface area contributed by atoms with Crippen LogP contribution in [0.2, 0.25) is 0 Å². The number of anilines is 1. The Morgan fingerprint density at radius 2 is 1.74 bits per heavy atom. The third-order valence-electron chi connectivity index (χ3n) is 17.6. The summed E-state index contributed by atoms with van der Waals surface area (Å²) in [7, 11) is 2.03. The highest BCUT2D eigenvalue weighted by atomic mass is 32.1. The fourth-order valence-corrected chi connectivity index (χ4v) is 14.8. The number of Topliss-reactive ketones (excluding diaryl/α,β-unsaturated/α-hetero) is 2. The zero-order valence-electron chi connectivity index (χ0n) is 36.8. The van der Waals surface area contributed by atoms with Crippen molar-refractivity contribution in [2.45, 2.75) is 145 Å². The first kappa shape index (κ1) is 44.1. The molecule has 57 heavy (non-hydrogen) atoms. The second-order valence-electron chi connectivity index (χ2n) is 21.5. The Hall–Kier alpha value is -2.43. The van der Waals surface area contributed by atoms with Crippen LogP contribution in [0.5, 0.6) is 0 Å². The van der Waals surface area contributed by atoms with Gasteiger partial charge in [0.2, 0.25) is 0 Å². The number of thiazole rings is 1. The SMILES string of the molecule is CNC(C)(C)CNCCC12CCC3C(CCC4C3(C)CCC3C(C)(C)C(CC(=O)C5CC(C(=O)O)C5C)CCC34C)C1=C(C(C)C)C(=O)C2.Nc1nc(C=O)cs1. The summed E-state index contributed by atoms with van der Waals surface area (Å²) < 4.78 is 0. The van der Waals surface area contributed by atoms with Gasteiger partial charge in [0.05, 0.1) is 5.92 Å². The largest absolute Gasteiger partial charge is 0.481 e. The topological polar surface area (TPSA) is 151 Å². The number of carbonyl (C=O) groups excluding carboxylic acids is 3. The maximum absolute atomic E-state index is 13.9. The fourth-order valence-electron chi connectivity index (χ4n) is 14.3. The summed E-state index contributed by atoms with van der Waals surface area (Å²) in [5.41, 5.74) is 9.13. The minimum atomic E-state index is -0.744. The molecule has 5 N–H and O–H groups in total. The van der Waals surface area contributed by atoms with E-state index in [0.29, 0.717) is 71.1 Å². The number of ketones is 2. The molecule has 0 amide bonds. The molecule has 5 fully saturated rings.